The van der Waals surface area contributed by atoms with Gasteiger partial charge in [-0.25, -0.2) is 9.78 Å². The molecule has 1 saturated heterocycles. The van der Waals surface area contributed by atoms with Crippen molar-refractivity contribution < 1.29 is 22.8 Å². The van der Waals surface area contributed by atoms with Crippen molar-refractivity contribution in [3.63, 3.8) is 0 Å². The molecule has 0 aromatic carbocycles. The normalized spacial score (nSPS) is 17.5. The van der Waals surface area contributed by atoms with Crippen LogP contribution in [-0.4, -0.2) is 46.7 Å². The molecule has 4 heterocycles. The number of aromatic nitrogens is 2. The lowest BCUT2D eigenvalue weighted by Crippen LogP contribution is -2.49. The second-order valence-electron chi connectivity index (χ2n) is 7.60. The van der Waals surface area contributed by atoms with E-state index in [1.807, 2.05) is 4.90 Å². The first-order valence-corrected chi connectivity index (χ1v) is 9.76. The number of ketones is 1. The highest BCUT2D eigenvalue weighted by molar-refractivity contribution is 6.05. The molecule has 2 bridgehead atoms. The monoisotopic (exact) mass is 435 g/mol. The van der Waals surface area contributed by atoms with E-state index in [-0.39, 0.29) is 28.8 Å². The molecule has 1 N–H and O–H groups in total. The number of hydrogen-bond acceptors (Lipinski definition) is 5. The van der Waals surface area contributed by atoms with Gasteiger partial charge in [-0.3, -0.25) is 14.5 Å². The molecule has 2 amide bonds. The van der Waals surface area contributed by atoms with Gasteiger partial charge in [0.1, 0.15) is 11.4 Å². The predicted octanol–water partition coefficient (Wildman–Crippen LogP) is 2.94. The number of urea groups is 1. The number of alkyl halides is 3. The van der Waals surface area contributed by atoms with Gasteiger partial charge in [-0.1, -0.05) is 0 Å². The Morgan fingerprint density at radius 2 is 2.03 bits per heavy atom. The Hall–Kier alpha value is -3.37. The van der Waals surface area contributed by atoms with Gasteiger partial charge < -0.3 is 14.8 Å². The van der Waals surface area contributed by atoms with Crippen LogP contribution in [0.2, 0.25) is 0 Å². The number of fused-ring (bicyclic) bond motifs is 4. The SMILES string of the molecule is Cn1cccc(NC(=O)N2c3nc(C(=O)CCC(F)(F)F)ccc3N3CC[C@H]2C3)c1=O. The average molecular weight is 435 g/mol. The van der Waals surface area contributed by atoms with E-state index in [0.717, 1.165) is 0 Å². The van der Waals surface area contributed by atoms with Gasteiger partial charge in [-0.2, -0.15) is 13.2 Å². The second kappa shape index (κ2) is 7.71. The van der Waals surface area contributed by atoms with Crippen molar-refractivity contribution in [1.29, 1.82) is 0 Å². The van der Waals surface area contributed by atoms with Gasteiger partial charge in [-0.15, -0.1) is 0 Å². The summed E-state index contributed by atoms with van der Waals surface area (Å²) in [7, 11) is 1.56. The van der Waals surface area contributed by atoms with Gasteiger partial charge in [-0.05, 0) is 30.7 Å². The third-order valence-electron chi connectivity index (χ3n) is 5.46. The van der Waals surface area contributed by atoms with Gasteiger partial charge in [0.15, 0.2) is 11.6 Å². The smallest absolute Gasteiger partial charge is 0.366 e. The van der Waals surface area contributed by atoms with Crippen molar-refractivity contribution in [2.24, 2.45) is 7.05 Å². The van der Waals surface area contributed by atoms with E-state index in [2.05, 4.69) is 10.3 Å². The quantitative estimate of drug-likeness (QED) is 0.747. The Morgan fingerprint density at radius 3 is 2.77 bits per heavy atom. The number of halogens is 3. The number of pyridine rings is 2. The summed E-state index contributed by atoms with van der Waals surface area (Å²) < 4.78 is 38.8. The maximum Gasteiger partial charge on any atom is 0.389 e. The molecule has 2 aromatic heterocycles. The Balaban J connectivity index is 1.64. The molecule has 31 heavy (non-hydrogen) atoms. The highest BCUT2D eigenvalue weighted by atomic mass is 19.4. The van der Waals surface area contributed by atoms with Crippen LogP contribution < -0.4 is 20.7 Å². The molecule has 0 aliphatic carbocycles. The fourth-order valence-corrected chi connectivity index (χ4v) is 3.88. The number of Topliss-reactive ketones (excluding diaryl/α,β-unsaturated/α-hetero) is 1. The van der Waals surface area contributed by atoms with Gasteiger partial charge in [0.2, 0.25) is 0 Å². The first kappa shape index (κ1) is 20.9. The fraction of sp³-hybridized carbons (Fsp3) is 0.400. The van der Waals surface area contributed by atoms with Crippen molar-refractivity contribution >= 4 is 29.0 Å². The number of carbonyl (C=O) groups excluding carboxylic acids is 2. The summed E-state index contributed by atoms with van der Waals surface area (Å²) >= 11 is 0. The minimum absolute atomic E-state index is 0.0920. The number of amides is 2. The van der Waals surface area contributed by atoms with Crippen LogP contribution in [0, 0.1) is 0 Å². The van der Waals surface area contributed by atoms with Crippen molar-refractivity contribution in [1.82, 2.24) is 9.55 Å². The minimum Gasteiger partial charge on any atom is -0.366 e. The van der Waals surface area contributed by atoms with Crippen LogP contribution in [-0.2, 0) is 7.05 Å². The number of anilines is 3. The van der Waals surface area contributed by atoms with Crippen molar-refractivity contribution in [3.8, 4) is 0 Å². The zero-order chi connectivity index (χ0) is 22.3. The predicted molar refractivity (Wildman–Crippen MR) is 108 cm³/mol. The van der Waals surface area contributed by atoms with Crippen LogP contribution in [0.1, 0.15) is 29.8 Å². The summed E-state index contributed by atoms with van der Waals surface area (Å²) in [6.07, 6.45) is -4.17. The molecule has 0 saturated carbocycles. The van der Waals surface area contributed by atoms with Gasteiger partial charge in [0.25, 0.3) is 5.56 Å². The third kappa shape index (κ3) is 4.12. The summed E-state index contributed by atoms with van der Waals surface area (Å²) in [5.74, 6) is -0.540. The molecule has 0 radical (unpaired) electrons. The molecule has 2 aliphatic heterocycles. The minimum atomic E-state index is -4.44. The summed E-state index contributed by atoms with van der Waals surface area (Å²) in [5.41, 5.74) is 0.204. The molecule has 4 rings (SSSR count). The van der Waals surface area contributed by atoms with E-state index < -0.39 is 30.8 Å². The number of rotatable bonds is 4. The molecule has 2 aliphatic rings. The van der Waals surface area contributed by atoms with Crippen LogP contribution in [0.5, 0.6) is 0 Å². The van der Waals surface area contributed by atoms with Crippen molar-refractivity contribution in [2.45, 2.75) is 31.5 Å². The van der Waals surface area contributed by atoms with E-state index in [0.29, 0.717) is 25.2 Å². The Bertz CT molecular complexity index is 1100. The van der Waals surface area contributed by atoms with Gasteiger partial charge in [0.05, 0.1) is 18.2 Å². The Kier molecular flexibility index (Phi) is 5.19. The second-order valence-corrected chi connectivity index (χ2v) is 7.60. The van der Waals surface area contributed by atoms with Crippen LogP contribution in [0.4, 0.5) is 35.2 Å². The number of nitrogens with one attached hydrogen (secondary N) is 1. The van der Waals surface area contributed by atoms with Crippen LogP contribution >= 0.6 is 0 Å². The molecule has 0 unspecified atom stereocenters. The molecule has 2 aromatic rings. The molecule has 1 fully saturated rings. The molecular formula is C20H20F3N5O3. The van der Waals surface area contributed by atoms with Crippen molar-refractivity contribution in [3.05, 3.63) is 46.5 Å². The zero-order valence-corrected chi connectivity index (χ0v) is 16.6. The van der Waals surface area contributed by atoms with E-state index in [4.69, 9.17) is 0 Å². The molecule has 11 heteroatoms. The van der Waals surface area contributed by atoms with Gasteiger partial charge in [0, 0.05) is 32.8 Å². The first-order chi connectivity index (χ1) is 14.6. The topological polar surface area (TPSA) is 87.5 Å². The average Bonchev–Trinajstić information content (AvgIpc) is 3.13. The maximum atomic E-state index is 13.1. The van der Waals surface area contributed by atoms with E-state index in [9.17, 15) is 27.6 Å². The fourth-order valence-electron chi connectivity index (χ4n) is 3.88. The lowest BCUT2D eigenvalue weighted by atomic mass is 10.1. The van der Waals surface area contributed by atoms with E-state index >= 15 is 0 Å². The molecule has 0 spiro atoms. The van der Waals surface area contributed by atoms with Crippen LogP contribution in [0.15, 0.2) is 35.3 Å². The molecule has 8 nitrogen and oxygen atoms in total. The Morgan fingerprint density at radius 1 is 1.26 bits per heavy atom. The third-order valence-corrected chi connectivity index (χ3v) is 5.46. The van der Waals surface area contributed by atoms with Gasteiger partial charge >= 0.3 is 12.2 Å². The van der Waals surface area contributed by atoms with Crippen LogP contribution in [0.3, 0.4) is 0 Å². The van der Waals surface area contributed by atoms with Crippen molar-refractivity contribution in [2.75, 3.05) is 28.2 Å². The van der Waals surface area contributed by atoms with Crippen LogP contribution in [0.25, 0.3) is 0 Å². The highest BCUT2D eigenvalue weighted by Crippen LogP contribution is 2.39. The van der Waals surface area contributed by atoms with E-state index in [1.54, 1.807) is 25.4 Å². The zero-order valence-electron chi connectivity index (χ0n) is 16.6. The molecular weight excluding hydrogens is 415 g/mol. The summed E-state index contributed by atoms with van der Waals surface area (Å²) in [5, 5.41) is 2.60. The largest absolute Gasteiger partial charge is 0.389 e. The summed E-state index contributed by atoms with van der Waals surface area (Å²) in [4.78, 5) is 45.3. The number of nitrogens with zero attached hydrogens (tertiary/aromatic N) is 4. The summed E-state index contributed by atoms with van der Waals surface area (Å²) in [6, 6.07) is 5.28. The molecule has 1 atom stereocenters. The number of hydrogen-bond donors (Lipinski definition) is 1. The molecule has 164 valence electrons. The highest BCUT2D eigenvalue weighted by Gasteiger charge is 2.40. The standard InChI is InChI=1S/C20H20F3N5O3/c1-26-9-2-3-14(18(26)30)25-19(31)28-12-7-10-27(11-12)15-5-4-13(24-17(15)28)16(29)6-8-20(21,22)23/h2-5,9,12H,6-8,10-11H2,1H3,(H,25,31)/t12-/m0/s1. The number of carbonyl (C=O) groups is 2. The number of aryl methyl sites for hydroxylation is 1. The first-order valence-electron chi connectivity index (χ1n) is 9.76. The van der Waals surface area contributed by atoms with E-state index in [1.165, 1.54) is 21.6 Å². The lowest BCUT2D eigenvalue weighted by Gasteiger charge is -2.35. The maximum absolute atomic E-state index is 13.1. The lowest BCUT2D eigenvalue weighted by molar-refractivity contribution is -0.133. The Labute approximate surface area is 175 Å². The summed E-state index contributed by atoms with van der Waals surface area (Å²) in [6.45, 7) is 1.24.